The molecule has 0 atom stereocenters. The van der Waals surface area contributed by atoms with Gasteiger partial charge in [-0.15, -0.1) is 10.2 Å². The highest BCUT2D eigenvalue weighted by Crippen LogP contribution is 2.27. The molecule has 0 aliphatic carbocycles. The van der Waals surface area contributed by atoms with Crippen LogP contribution in [0.3, 0.4) is 0 Å². The normalized spacial score (nSPS) is 10.9. The number of rotatable bonds is 2. The smallest absolute Gasteiger partial charge is 0.169 e. The maximum Gasteiger partial charge on any atom is 0.169 e. The first-order valence-electron chi connectivity index (χ1n) is 4.78. The Balaban J connectivity index is 2.64. The summed E-state index contributed by atoms with van der Waals surface area (Å²) >= 11 is 3.01. The maximum absolute atomic E-state index is 13.7. The van der Waals surface area contributed by atoms with Crippen LogP contribution in [0.2, 0.25) is 0 Å². The van der Waals surface area contributed by atoms with Gasteiger partial charge in [-0.05, 0) is 12.1 Å². The van der Waals surface area contributed by atoms with Crippen LogP contribution in [0.5, 0.6) is 0 Å². The van der Waals surface area contributed by atoms with Crippen molar-refractivity contribution < 1.29 is 8.78 Å². The van der Waals surface area contributed by atoms with Crippen molar-refractivity contribution >= 4 is 15.9 Å². The third kappa shape index (κ3) is 2.07. The van der Waals surface area contributed by atoms with Gasteiger partial charge in [0.1, 0.15) is 17.5 Å². The Morgan fingerprint density at radius 2 is 1.88 bits per heavy atom. The summed E-state index contributed by atoms with van der Waals surface area (Å²) in [6.45, 7) is 0.156. The van der Waals surface area contributed by atoms with Crippen LogP contribution in [-0.2, 0) is 13.6 Å². The second kappa shape index (κ2) is 4.50. The van der Waals surface area contributed by atoms with Crippen LogP contribution in [0.4, 0.5) is 8.78 Å². The fourth-order valence-electron chi connectivity index (χ4n) is 1.51. The van der Waals surface area contributed by atoms with Crippen molar-refractivity contribution in [3.8, 4) is 11.4 Å². The van der Waals surface area contributed by atoms with Crippen molar-refractivity contribution in [1.82, 2.24) is 14.8 Å². The first-order chi connectivity index (χ1) is 8.04. The summed E-state index contributed by atoms with van der Waals surface area (Å²) < 4.78 is 29.2. The lowest BCUT2D eigenvalue weighted by Gasteiger charge is -2.05. The molecule has 4 nitrogen and oxygen atoms in total. The van der Waals surface area contributed by atoms with Crippen molar-refractivity contribution in [3.63, 3.8) is 0 Å². The van der Waals surface area contributed by atoms with E-state index in [9.17, 15) is 8.78 Å². The number of hydrogen-bond donors (Lipinski definition) is 1. The zero-order valence-electron chi connectivity index (χ0n) is 8.91. The summed E-state index contributed by atoms with van der Waals surface area (Å²) in [4.78, 5) is 0. The van der Waals surface area contributed by atoms with Gasteiger partial charge in [-0.2, -0.15) is 0 Å². The molecule has 0 spiro atoms. The van der Waals surface area contributed by atoms with Gasteiger partial charge >= 0.3 is 0 Å². The molecule has 0 bridgehead atoms. The summed E-state index contributed by atoms with van der Waals surface area (Å²) in [5.74, 6) is -0.818. The second-order valence-electron chi connectivity index (χ2n) is 3.45. The number of nitrogens with zero attached hydrogens (tertiary/aromatic N) is 3. The SMILES string of the molecule is Cn1c(CN)nnc1-c1c(F)cc(Br)cc1F. The van der Waals surface area contributed by atoms with E-state index in [4.69, 9.17) is 5.73 Å². The highest BCUT2D eigenvalue weighted by Gasteiger charge is 2.18. The lowest BCUT2D eigenvalue weighted by Crippen LogP contribution is -2.06. The molecule has 2 N–H and O–H groups in total. The van der Waals surface area contributed by atoms with E-state index in [-0.39, 0.29) is 17.9 Å². The van der Waals surface area contributed by atoms with E-state index in [1.165, 1.54) is 16.7 Å². The topological polar surface area (TPSA) is 56.7 Å². The van der Waals surface area contributed by atoms with Crippen LogP contribution in [0, 0.1) is 11.6 Å². The monoisotopic (exact) mass is 302 g/mol. The number of aromatic nitrogens is 3. The summed E-state index contributed by atoms with van der Waals surface area (Å²) in [6.07, 6.45) is 0. The van der Waals surface area contributed by atoms with Gasteiger partial charge in [-0.3, -0.25) is 0 Å². The van der Waals surface area contributed by atoms with E-state index in [0.717, 1.165) is 0 Å². The molecule has 0 unspecified atom stereocenters. The molecule has 17 heavy (non-hydrogen) atoms. The summed E-state index contributed by atoms with van der Waals surface area (Å²) in [7, 11) is 1.61. The molecule has 2 rings (SSSR count). The first-order valence-corrected chi connectivity index (χ1v) is 5.57. The van der Waals surface area contributed by atoms with Crippen molar-refractivity contribution in [2.24, 2.45) is 12.8 Å². The molecule has 0 aliphatic rings. The standard InChI is InChI=1S/C10H9BrF2N4/c1-17-8(4-14)15-16-10(17)9-6(12)2-5(11)3-7(9)13/h2-3H,4,14H2,1H3. The molecular formula is C10H9BrF2N4. The predicted molar refractivity (Wildman–Crippen MR) is 61.9 cm³/mol. The van der Waals surface area contributed by atoms with E-state index in [0.29, 0.717) is 10.3 Å². The summed E-state index contributed by atoms with van der Waals surface area (Å²) in [6, 6.07) is 2.35. The van der Waals surface area contributed by atoms with Gasteiger partial charge in [-0.1, -0.05) is 15.9 Å². The lowest BCUT2D eigenvalue weighted by molar-refractivity contribution is 0.584. The van der Waals surface area contributed by atoms with E-state index in [1.54, 1.807) is 7.05 Å². The number of hydrogen-bond acceptors (Lipinski definition) is 3. The van der Waals surface area contributed by atoms with Crippen molar-refractivity contribution in [2.75, 3.05) is 0 Å². The Labute approximate surface area is 105 Å². The average molecular weight is 303 g/mol. The Hall–Kier alpha value is -1.34. The van der Waals surface area contributed by atoms with Gasteiger partial charge in [0.25, 0.3) is 0 Å². The number of benzene rings is 1. The minimum absolute atomic E-state index is 0.118. The summed E-state index contributed by atoms with van der Waals surface area (Å²) in [5, 5.41) is 7.50. The van der Waals surface area contributed by atoms with Crippen LogP contribution in [-0.4, -0.2) is 14.8 Å². The first kappa shape index (κ1) is 12.1. The van der Waals surface area contributed by atoms with Gasteiger partial charge in [0.2, 0.25) is 0 Å². The zero-order chi connectivity index (χ0) is 12.6. The van der Waals surface area contributed by atoms with Gasteiger partial charge in [0.05, 0.1) is 12.1 Å². The molecule has 1 heterocycles. The Kier molecular flexibility index (Phi) is 3.21. The fourth-order valence-corrected chi connectivity index (χ4v) is 1.91. The fraction of sp³-hybridized carbons (Fsp3) is 0.200. The Bertz CT molecular complexity index is 544. The van der Waals surface area contributed by atoms with Gasteiger partial charge in [-0.25, -0.2) is 8.78 Å². The maximum atomic E-state index is 13.7. The zero-order valence-corrected chi connectivity index (χ0v) is 10.5. The summed E-state index contributed by atoms with van der Waals surface area (Å²) in [5.41, 5.74) is 5.22. The second-order valence-corrected chi connectivity index (χ2v) is 4.36. The highest BCUT2D eigenvalue weighted by atomic mass is 79.9. The van der Waals surface area contributed by atoms with Crippen LogP contribution >= 0.6 is 15.9 Å². The van der Waals surface area contributed by atoms with Crippen molar-refractivity contribution in [1.29, 1.82) is 0 Å². The lowest BCUT2D eigenvalue weighted by atomic mass is 10.2. The molecule has 0 fully saturated rings. The molecule has 1 aromatic carbocycles. The molecular weight excluding hydrogens is 294 g/mol. The minimum atomic E-state index is -0.698. The molecule has 0 radical (unpaired) electrons. The molecule has 0 amide bonds. The van der Waals surface area contributed by atoms with Crippen LogP contribution in [0.15, 0.2) is 16.6 Å². The molecule has 7 heteroatoms. The molecule has 1 aromatic heterocycles. The Morgan fingerprint density at radius 1 is 1.29 bits per heavy atom. The van der Waals surface area contributed by atoms with E-state index in [2.05, 4.69) is 26.1 Å². The van der Waals surface area contributed by atoms with E-state index >= 15 is 0 Å². The molecule has 0 saturated carbocycles. The van der Waals surface area contributed by atoms with Crippen molar-refractivity contribution in [3.05, 3.63) is 34.1 Å². The van der Waals surface area contributed by atoms with Crippen molar-refractivity contribution in [2.45, 2.75) is 6.54 Å². The third-order valence-electron chi connectivity index (χ3n) is 2.38. The molecule has 90 valence electrons. The highest BCUT2D eigenvalue weighted by molar-refractivity contribution is 9.10. The largest absolute Gasteiger partial charge is 0.324 e. The van der Waals surface area contributed by atoms with Crippen LogP contribution < -0.4 is 5.73 Å². The Morgan fingerprint density at radius 3 is 2.35 bits per heavy atom. The molecule has 0 aliphatic heterocycles. The predicted octanol–water partition coefficient (Wildman–Crippen LogP) is 1.98. The van der Waals surface area contributed by atoms with E-state index < -0.39 is 11.6 Å². The van der Waals surface area contributed by atoms with Crippen LogP contribution in [0.25, 0.3) is 11.4 Å². The van der Waals surface area contributed by atoms with E-state index in [1.807, 2.05) is 0 Å². The third-order valence-corrected chi connectivity index (χ3v) is 2.84. The number of halogens is 3. The molecule has 0 saturated heterocycles. The van der Waals surface area contributed by atoms with Gasteiger partial charge in [0, 0.05) is 11.5 Å². The quantitative estimate of drug-likeness (QED) is 0.923. The number of nitrogens with two attached hydrogens (primary N) is 1. The van der Waals surface area contributed by atoms with Gasteiger partial charge in [0.15, 0.2) is 5.82 Å². The minimum Gasteiger partial charge on any atom is -0.324 e. The molecule has 2 aromatic rings. The average Bonchev–Trinajstić information content (AvgIpc) is 2.59. The van der Waals surface area contributed by atoms with Crippen LogP contribution in [0.1, 0.15) is 5.82 Å². The van der Waals surface area contributed by atoms with Gasteiger partial charge < -0.3 is 10.3 Å².